The van der Waals surface area contributed by atoms with Gasteiger partial charge in [-0.1, -0.05) is 6.92 Å². The molecule has 0 aliphatic carbocycles. The van der Waals surface area contributed by atoms with Gasteiger partial charge in [-0.25, -0.2) is 9.48 Å². The molecule has 1 amide bonds. The van der Waals surface area contributed by atoms with E-state index in [1.54, 1.807) is 22.2 Å². The van der Waals surface area contributed by atoms with Gasteiger partial charge in [0.15, 0.2) is 0 Å². The molecule has 30 heavy (non-hydrogen) atoms. The van der Waals surface area contributed by atoms with Crippen LogP contribution in [0.25, 0.3) is 0 Å². The molecule has 0 aromatic carbocycles. The molecule has 164 valence electrons. The second kappa shape index (κ2) is 8.99. The zero-order valence-electron chi connectivity index (χ0n) is 18.6. The fourth-order valence-electron chi connectivity index (χ4n) is 4.08. The van der Waals surface area contributed by atoms with Crippen molar-refractivity contribution in [2.45, 2.75) is 58.7 Å². The molecule has 0 radical (unpaired) electrons. The minimum Gasteiger partial charge on any atom is -0.349 e. The van der Waals surface area contributed by atoms with Gasteiger partial charge in [0.05, 0.1) is 6.54 Å². The van der Waals surface area contributed by atoms with Crippen LogP contribution in [0, 0.1) is 6.92 Å². The quantitative estimate of drug-likeness (QED) is 0.732. The van der Waals surface area contributed by atoms with Crippen molar-refractivity contribution in [2.24, 2.45) is 7.05 Å². The van der Waals surface area contributed by atoms with Gasteiger partial charge in [0, 0.05) is 38.3 Å². The maximum absolute atomic E-state index is 12.8. The molecule has 9 nitrogen and oxygen atoms in total. The molecule has 2 aromatic rings. The first-order valence-electron chi connectivity index (χ1n) is 10.5. The third-order valence-electron chi connectivity index (χ3n) is 5.85. The highest BCUT2D eigenvalue weighted by Crippen LogP contribution is 2.13. The fraction of sp³-hybridized carbons (Fsp3) is 0.619. The molecular formula is C21H32N6O3. The Bertz CT molecular complexity index is 1050. The van der Waals surface area contributed by atoms with E-state index in [4.69, 9.17) is 0 Å². The molecular weight excluding hydrogens is 384 g/mol. The Morgan fingerprint density at radius 1 is 1.30 bits per heavy atom. The number of nitrogens with zero attached hydrogens (tertiary/aromatic N) is 5. The van der Waals surface area contributed by atoms with E-state index in [2.05, 4.69) is 10.4 Å². The smallest absolute Gasteiger partial charge is 0.345 e. The summed E-state index contributed by atoms with van der Waals surface area (Å²) in [5.41, 5.74) is 1.66. The van der Waals surface area contributed by atoms with Gasteiger partial charge < -0.3 is 14.8 Å². The number of fused-ring (bicyclic) bond motifs is 1. The van der Waals surface area contributed by atoms with Gasteiger partial charge in [0.2, 0.25) is 0 Å². The number of amides is 1. The number of pyridine rings is 1. The summed E-state index contributed by atoms with van der Waals surface area (Å²) in [6, 6.07) is 1.58. The molecule has 2 aromatic heterocycles. The lowest BCUT2D eigenvalue weighted by Gasteiger charge is -2.17. The predicted octanol–water partition coefficient (Wildman–Crippen LogP) is 0.311. The van der Waals surface area contributed by atoms with Gasteiger partial charge in [-0.15, -0.1) is 0 Å². The van der Waals surface area contributed by atoms with E-state index < -0.39 is 0 Å². The van der Waals surface area contributed by atoms with E-state index in [1.165, 1.54) is 4.68 Å². The SMILES string of the molecule is CCc1c(C)cc(C(=O)NC2CCc3nn(CCN(C)C)c(=O)n3CC2)c(=O)n1C. The number of aryl methyl sites for hydroxylation is 2. The number of aromatic nitrogens is 4. The Balaban J connectivity index is 1.71. The highest BCUT2D eigenvalue weighted by molar-refractivity contribution is 5.94. The lowest BCUT2D eigenvalue weighted by molar-refractivity contribution is 0.0930. The zero-order chi connectivity index (χ0) is 22.0. The molecule has 3 rings (SSSR count). The van der Waals surface area contributed by atoms with E-state index in [-0.39, 0.29) is 28.8 Å². The Morgan fingerprint density at radius 3 is 2.70 bits per heavy atom. The summed E-state index contributed by atoms with van der Waals surface area (Å²) in [5, 5.41) is 7.48. The minimum absolute atomic E-state index is 0.0986. The second-order valence-corrected chi connectivity index (χ2v) is 8.28. The van der Waals surface area contributed by atoms with Crippen LogP contribution >= 0.6 is 0 Å². The first-order chi connectivity index (χ1) is 14.2. The Morgan fingerprint density at radius 2 is 2.03 bits per heavy atom. The molecule has 0 saturated heterocycles. The summed E-state index contributed by atoms with van der Waals surface area (Å²) < 4.78 is 4.79. The molecule has 9 heteroatoms. The van der Waals surface area contributed by atoms with Crippen LogP contribution < -0.4 is 16.6 Å². The normalized spacial score (nSPS) is 16.4. The Hall–Kier alpha value is -2.68. The lowest BCUT2D eigenvalue weighted by atomic mass is 10.1. The van der Waals surface area contributed by atoms with Crippen LogP contribution in [0.5, 0.6) is 0 Å². The van der Waals surface area contributed by atoms with Crippen LogP contribution in [0.15, 0.2) is 15.7 Å². The van der Waals surface area contributed by atoms with Crippen molar-refractivity contribution in [3.63, 3.8) is 0 Å². The van der Waals surface area contributed by atoms with Crippen molar-refractivity contribution < 1.29 is 4.79 Å². The number of hydrogen-bond donors (Lipinski definition) is 1. The van der Waals surface area contributed by atoms with Crippen molar-refractivity contribution in [1.82, 2.24) is 29.1 Å². The maximum atomic E-state index is 12.8. The van der Waals surface area contributed by atoms with Crippen LogP contribution in [-0.4, -0.2) is 56.4 Å². The molecule has 3 heterocycles. The highest BCUT2D eigenvalue weighted by atomic mass is 16.2. The van der Waals surface area contributed by atoms with Crippen LogP contribution in [0.2, 0.25) is 0 Å². The Labute approximate surface area is 176 Å². The van der Waals surface area contributed by atoms with E-state index in [9.17, 15) is 14.4 Å². The highest BCUT2D eigenvalue weighted by Gasteiger charge is 2.24. The van der Waals surface area contributed by atoms with E-state index in [1.807, 2.05) is 32.8 Å². The van der Waals surface area contributed by atoms with Crippen molar-refractivity contribution in [1.29, 1.82) is 0 Å². The minimum atomic E-state index is -0.353. The van der Waals surface area contributed by atoms with Crippen LogP contribution in [0.4, 0.5) is 0 Å². The number of likely N-dealkylation sites (N-methyl/N-ethyl adjacent to an activating group) is 1. The molecule has 0 saturated carbocycles. The zero-order valence-corrected chi connectivity index (χ0v) is 18.6. The van der Waals surface area contributed by atoms with Gasteiger partial charge >= 0.3 is 5.69 Å². The molecule has 0 spiro atoms. The van der Waals surface area contributed by atoms with Crippen LogP contribution in [-0.2, 0) is 33.0 Å². The predicted molar refractivity (Wildman–Crippen MR) is 115 cm³/mol. The lowest BCUT2D eigenvalue weighted by Crippen LogP contribution is -2.40. The summed E-state index contributed by atoms with van der Waals surface area (Å²) in [7, 11) is 5.63. The molecule has 1 atom stereocenters. The summed E-state index contributed by atoms with van der Waals surface area (Å²) in [5.74, 6) is 0.406. The van der Waals surface area contributed by atoms with Crippen molar-refractivity contribution >= 4 is 5.91 Å². The van der Waals surface area contributed by atoms with Gasteiger partial charge in [-0.3, -0.25) is 14.2 Å². The monoisotopic (exact) mass is 416 g/mol. The number of hydrogen-bond acceptors (Lipinski definition) is 5. The van der Waals surface area contributed by atoms with Gasteiger partial charge in [0.1, 0.15) is 11.4 Å². The molecule has 1 aliphatic heterocycles. The van der Waals surface area contributed by atoms with Gasteiger partial charge in [0.25, 0.3) is 11.5 Å². The maximum Gasteiger partial charge on any atom is 0.345 e. The van der Waals surface area contributed by atoms with Crippen molar-refractivity contribution in [3.05, 3.63) is 49.5 Å². The van der Waals surface area contributed by atoms with Gasteiger partial charge in [-0.2, -0.15) is 5.10 Å². The van der Waals surface area contributed by atoms with Gasteiger partial charge in [-0.05, 0) is 51.9 Å². The number of rotatable bonds is 6. The molecule has 0 fully saturated rings. The van der Waals surface area contributed by atoms with Crippen LogP contribution in [0.3, 0.4) is 0 Å². The van der Waals surface area contributed by atoms with E-state index >= 15 is 0 Å². The Kier molecular flexibility index (Phi) is 6.60. The summed E-state index contributed by atoms with van der Waals surface area (Å²) in [4.78, 5) is 40.1. The second-order valence-electron chi connectivity index (χ2n) is 8.28. The third kappa shape index (κ3) is 4.40. The first kappa shape index (κ1) is 22.0. The first-order valence-corrected chi connectivity index (χ1v) is 10.5. The van der Waals surface area contributed by atoms with Crippen molar-refractivity contribution in [3.8, 4) is 0 Å². The molecule has 1 aliphatic rings. The summed E-state index contributed by atoms with van der Waals surface area (Å²) >= 11 is 0. The number of nitrogens with one attached hydrogen (secondary N) is 1. The molecule has 1 N–H and O–H groups in total. The molecule has 1 unspecified atom stereocenters. The topological polar surface area (TPSA) is 94.2 Å². The van der Waals surface area contributed by atoms with Crippen molar-refractivity contribution in [2.75, 3.05) is 20.6 Å². The van der Waals surface area contributed by atoms with E-state index in [0.717, 1.165) is 30.0 Å². The average Bonchev–Trinajstić information content (AvgIpc) is 2.86. The fourth-order valence-corrected chi connectivity index (χ4v) is 4.08. The standard InChI is InChI=1S/C21H32N6O3/c1-6-17-14(2)13-16(20(29)25(17)5)19(28)22-15-7-8-18-23-27(12-11-24(3)4)21(30)26(18)10-9-15/h13,15H,6-12H2,1-5H3,(H,22,28). The largest absolute Gasteiger partial charge is 0.349 e. The summed E-state index contributed by atoms with van der Waals surface area (Å²) in [6.45, 7) is 5.72. The third-order valence-corrected chi connectivity index (χ3v) is 5.85. The summed E-state index contributed by atoms with van der Waals surface area (Å²) in [6.07, 6.45) is 2.66. The average molecular weight is 417 g/mol. The van der Waals surface area contributed by atoms with Crippen LogP contribution in [0.1, 0.15) is 47.2 Å². The number of carbonyl (C=O) groups excluding carboxylic acids is 1. The van der Waals surface area contributed by atoms with E-state index in [0.29, 0.717) is 32.4 Å². The number of carbonyl (C=O) groups is 1. The molecule has 0 bridgehead atoms.